The Morgan fingerprint density at radius 1 is 0.750 bits per heavy atom. The molecule has 146 valence electrons. The van der Waals surface area contributed by atoms with Crippen LogP contribution in [0.25, 0.3) is 0 Å². The molecule has 0 fully saturated rings. The molecule has 0 aliphatic rings. The van der Waals surface area contributed by atoms with Crippen molar-refractivity contribution >= 4 is 5.97 Å². The van der Waals surface area contributed by atoms with Gasteiger partial charge in [0.15, 0.2) is 0 Å². The van der Waals surface area contributed by atoms with Gasteiger partial charge in [-0.1, -0.05) is 58.3 Å². The Morgan fingerprint density at radius 2 is 1.12 bits per heavy atom. The van der Waals surface area contributed by atoms with E-state index in [2.05, 4.69) is 6.92 Å². The average molecular weight is 352 g/mol. The second kappa shape index (κ2) is 18.6. The number of rotatable bonds is 14. The van der Waals surface area contributed by atoms with Gasteiger partial charge in [-0.05, 0) is 6.42 Å². The smallest absolute Gasteiger partial charge is 0.303 e. The van der Waals surface area contributed by atoms with E-state index in [1.807, 2.05) is 0 Å². The minimum atomic E-state index is -1.49. The van der Waals surface area contributed by atoms with E-state index in [0.717, 1.165) is 12.8 Å². The van der Waals surface area contributed by atoms with Gasteiger partial charge in [0, 0.05) is 6.42 Å². The Morgan fingerprint density at radius 3 is 1.46 bits per heavy atom. The summed E-state index contributed by atoms with van der Waals surface area (Å²) in [6, 6.07) is 0. The van der Waals surface area contributed by atoms with Crippen LogP contribution in [0.15, 0.2) is 0 Å². The molecule has 6 N–H and O–H groups in total. The topological polar surface area (TPSA) is 138 Å². The van der Waals surface area contributed by atoms with E-state index >= 15 is 0 Å². The molecule has 0 spiro atoms. The van der Waals surface area contributed by atoms with Crippen molar-refractivity contribution in [2.75, 3.05) is 13.2 Å². The number of carboxylic acid groups (broad SMARTS) is 1. The van der Waals surface area contributed by atoms with Crippen molar-refractivity contribution in [3.63, 3.8) is 0 Å². The molecule has 0 heterocycles. The van der Waals surface area contributed by atoms with Gasteiger partial charge in [-0.2, -0.15) is 0 Å². The first-order valence-electron chi connectivity index (χ1n) is 8.88. The third-order valence-corrected chi connectivity index (χ3v) is 3.66. The fourth-order valence-corrected chi connectivity index (χ4v) is 2.06. The third kappa shape index (κ3) is 17.6. The molecular formula is C17H36O7. The van der Waals surface area contributed by atoms with Crippen LogP contribution >= 0.6 is 0 Å². The van der Waals surface area contributed by atoms with Crippen LogP contribution in [0.4, 0.5) is 0 Å². The number of unbranched alkanes of at least 4 members (excludes halogenated alkanes) is 8. The molecular weight excluding hydrogens is 316 g/mol. The maximum atomic E-state index is 10.2. The fourth-order valence-electron chi connectivity index (χ4n) is 2.06. The number of carboxylic acids is 1. The van der Waals surface area contributed by atoms with Crippen LogP contribution in [0, 0.1) is 0 Å². The van der Waals surface area contributed by atoms with Gasteiger partial charge in [0.2, 0.25) is 0 Å². The Bertz CT molecular complexity index is 264. The van der Waals surface area contributed by atoms with Gasteiger partial charge in [-0.15, -0.1) is 0 Å². The Kier molecular flexibility index (Phi) is 19.8. The van der Waals surface area contributed by atoms with Crippen molar-refractivity contribution in [1.29, 1.82) is 0 Å². The highest BCUT2D eigenvalue weighted by Crippen LogP contribution is 2.10. The minimum absolute atomic E-state index is 0.343. The van der Waals surface area contributed by atoms with Crippen LogP contribution in [0.1, 0.15) is 71.1 Å². The normalized spacial score (nSPS) is 14.4. The van der Waals surface area contributed by atoms with Gasteiger partial charge in [0.25, 0.3) is 0 Å². The Hall–Kier alpha value is -0.730. The first-order chi connectivity index (χ1) is 11.4. The zero-order valence-electron chi connectivity index (χ0n) is 14.8. The molecule has 0 radical (unpaired) electrons. The highest BCUT2D eigenvalue weighted by Gasteiger charge is 2.22. The zero-order chi connectivity index (χ0) is 18.8. The average Bonchev–Trinajstić information content (AvgIpc) is 2.58. The number of carbonyl (C=O) groups is 1. The quantitative estimate of drug-likeness (QED) is 0.257. The van der Waals surface area contributed by atoms with E-state index in [4.69, 9.17) is 30.6 Å². The molecule has 0 saturated carbocycles. The monoisotopic (exact) mass is 352 g/mol. The van der Waals surface area contributed by atoms with E-state index in [1.54, 1.807) is 0 Å². The van der Waals surface area contributed by atoms with Crippen molar-refractivity contribution in [2.45, 2.75) is 89.4 Å². The predicted octanol–water partition coefficient (Wildman–Crippen LogP) is 1.05. The van der Waals surface area contributed by atoms with Gasteiger partial charge in [0.05, 0.1) is 13.2 Å². The highest BCUT2D eigenvalue weighted by atomic mass is 16.4. The van der Waals surface area contributed by atoms with E-state index in [9.17, 15) is 4.79 Å². The molecule has 24 heavy (non-hydrogen) atoms. The molecule has 7 heteroatoms. The lowest BCUT2D eigenvalue weighted by Crippen LogP contribution is -2.41. The second-order valence-electron chi connectivity index (χ2n) is 5.96. The summed E-state index contributed by atoms with van der Waals surface area (Å²) < 4.78 is 0. The molecule has 0 amide bonds. The van der Waals surface area contributed by atoms with Gasteiger partial charge < -0.3 is 30.6 Å². The molecule has 7 nitrogen and oxygen atoms in total. The Labute approximate surface area is 145 Å². The lowest BCUT2D eigenvalue weighted by molar-refractivity contribution is -0.137. The molecule has 2 unspecified atom stereocenters. The van der Waals surface area contributed by atoms with Crippen LogP contribution in [0.2, 0.25) is 0 Å². The maximum Gasteiger partial charge on any atom is 0.303 e. The largest absolute Gasteiger partial charge is 0.481 e. The number of aliphatic hydroxyl groups excluding tert-OH is 5. The van der Waals surface area contributed by atoms with E-state index in [0.29, 0.717) is 6.42 Å². The second-order valence-corrected chi connectivity index (χ2v) is 5.96. The number of aliphatic hydroxyl groups is 5. The Balaban J connectivity index is 0. The highest BCUT2D eigenvalue weighted by molar-refractivity contribution is 5.66. The van der Waals surface area contributed by atoms with Crippen molar-refractivity contribution in [3.05, 3.63) is 0 Å². The molecule has 0 aromatic rings. The SMILES string of the molecule is CCCCCCCCCCCC(=O)O.OCC(O)C(O)C(O)CO. The summed E-state index contributed by atoms with van der Waals surface area (Å²) in [7, 11) is 0. The molecule has 0 aromatic heterocycles. The van der Waals surface area contributed by atoms with Gasteiger partial charge in [-0.3, -0.25) is 4.79 Å². The summed E-state index contributed by atoms with van der Waals surface area (Å²) in [6.07, 6.45) is 7.19. The number of aliphatic carboxylic acids is 1. The standard InChI is InChI=1S/C12H24O2.C5H12O5/c1-2-3-4-5-6-7-8-9-10-11-12(13)14;6-1-3(8)5(10)4(9)2-7/h2-11H2,1H3,(H,13,14);3-10H,1-2H2. The summed E-state index contributed by atoms with van der Waals surface area (Å²) in [5.74, 6) is -0.659. The van der Waals surface area contributed by atoms with Crippen molar-refractivity contribution < 1.29 is 35.4 Å². The zero-order valence-corrected chi connectivity index (χ0v) is 14.8. The van der Waals surface area contributed by atoms with Crippen LogP contribution < -0.4 is 0 Å². The van der Waals surface area contributed by atoms with Crippen molar-refractivity contribution in [1.82, 2.24) is 0 Å². The summed E-state index contributed by atoms with van der Waals surface area (Å²) in [5.41, 5.74) is 0. The predicted molar refractivity (Wildman–Crippen MR) is 91.7 cm³/mol. The van der Waals surface area contributed by atoms with Crippen LogP contribution in [0.5, 0.6) is 0 Å². The molecule has 0 rings (SSSR count). The van der Waals surface area contributed by atoms with E-state index in [1.165, 1.54) is 44.9 Å². The van der Waals surface area contributed by atoms with E-state index < -0.39 is 37.5 Å². The van der Waals surface area contributed by atoms with Crippen molar-refractivity contribution in [2.24, 2.45) is 0 Å². The molecule has 0 bridgehead atoms. The minimum Gasteiger partial charge on any atom is -0.481 e. The van der Waals surface area contributed by atoms with Gasteiger partial charge in [-0.25, -0.2) is 0 Å². The summed E-state index contributed by atoms with van der Waals surface area (Å²) in [6.45, 7) is 0.947. The lowest BCUT2D eigenvalue weighted by Gasteiger charge is -2.19. The summed E-state index contributed by atoms with van der Waals surface area (Å²) in [4.78, 5) is 10.2. The van der Waals surface area contributed by atoms with Crippen LogP contribution in [0.3, 0.4) is 0 Å². The molecule has 0 saturated heterocycles. The summed E-state index contributed by atoms with van der Waals surface area (Å²) in [5, 5.41) is 51.0. The number of hydrogen-bond donors (Lipinski definition) is 6. The summed E-state index contributed by atoms with van der Waals surface area (Å²) >= 11 is 0. The number of hydrogen-bond acceptors (Lipinski definition) is 6. The molecule has 0 aromatic carbocycles. The molecule has 0 aliphatic carbocycles. The van der Waals surface area contributed by atoms with Gasteiger partial charge in [0.1, 0.15) is 18.3 Å². The first kappa shape index (κ1) is 25.5. The van der Waals surface area contributed by atoms with E-state index in [-0.39, 0.29) is 0 Å². The first-order valence-corrected chi connectivity index (χ1v) is 8.88. The maximum absolute atomic E-state index is 10.2. The third-order valence-electron chi connectivity index (χ3n) is 3.66. The van der Waals surface area contributed by atoms with Crippen molar-refractivity contribution in [3.8, 4) is 0 Å². The lowest BCUT2D eigenvalue weighted by atomic mass is 10.1. The molecule has 0 aliphatic heterocycles. The fraction of sp³-hybridized carbons (Fsp3) is 0.941. The molecule has 2 atom stereocenters. The van der Waals surface area contributed by atoms with Crippen LogP contribution in [-0.2, 0) is 4.79 Å². The van der Waals surface area contributed by atoms with Crippen LogP contribution in [-0.4, -0.2) is 68.1 Å². The van der Waals surface area contributed by atoms with Gasteiger partial charge >= 0.3 is 5.97 Å².